The van der Waals surface area contributed by atoms with Gasteiger partial charge >= 0.3 is 26.5 Å². The molecule has 2 heterocycles. The minimum absolute atomic E-state index is 0.177. The van der Waals surface area contributed by atoms with Crippen molar-refractivity contribution in [3.8, 4) is 0 Å². The van der Waals surface area contributed by atoms with Crippen molar-refractivity contribution in [3.05, 3.63) is 89.9 Å². The Morgan fingerprint density at radius 3 is 1.67 bits per heavy atom. The lowest BCUT2D eigenvalue weighted by Crippen LogP contribution is -2.49. The summed E-state index contributed by atoms with van der Waals surface area (Å²) in [6.07, 6.45) is 0.914. The van der Waals surface area contributed by atoms with Crippen molar-refractivity contribution in [1.82, 2.24) is 5.06 Å². The fourth-order valence-electron chi connectivity index (χ4n) is 8.42. The minimum atomic E-state index is -4.79. The number of carbonyl (C=O) groups excluding carboxylic acids is 3. The average molecular weight is 746 g/mol. The smallest absolute Gasteiger partial charge is 0.330 e. The zero-order chi connectivity index (χ0) is 37.0. The molecule has 52 heavy (non-hydrogen) atoms. The van der Waals surface area contributed by atoms with E-state index in [9.17, 15) is 36.1 Å². The summed E-state index contributed by atoms with van der Waals surface area (Å²) < 4.78 is 66.6. The first kappa shape index (κ1) is 34.1. The zero-order valence-corrected chi connectivity index (χ0v) is 29.9. The summed E-state index contributed by atoms with van der Waals surface area (Å²) in [6, 6.07) is 18.1. The van der Waals surface area contributed by atoms with Gasteiger partial charge in [-0.25, -0.2) is 0 Å². The van der Waals surface area contributed by atoms with E-state index in [1.807, 2.05) is 19.0 Å². The lowest BCUT2D eigenvalue weighted by atomic mass is 9.63. The normalized spacial score (nSPS) is 26.8. The SMILES string of the molecule is CN(C)c1ccc(S(=O)(=O)OC2C3C(=O)C4C=CC(C3C3C(=O)N(OS(=O)(=O)c5ccc(N(C)C)c6ccccc56)C(=O)C43)[N+]2=O)c2ccccc12. The van der Waals surface area contributed by atoms with E-state index in [1.54, 1.807) is 79.7 Å². The van der Waals surface area contributed by atoms with Crippen LogP contribution in [0.5, 0.6) is 0 Å². The van der Waals surface area contributed by atoms with Crippen LogP contribution in [0.15, 0.2) is 94.7 Å². The van der Waals surface area contributed by atoms with E-state index < -0.39 is 79.7 Å². The number of hydrogen-bond donors (Lipinski definition) is 0. The van der Waals surface area contributed by atoms with Crippen LogP contribution in [0.2, 0.25) is 0 Å². The average Bonchev–Trinajstić information content (AvgIpc) is 3.34. The molecule has 16 heteroatoms. The lowest BCUT2D eigenvalue weighted by molar-refractivity contribution is -0.624. The van der Waals surface area contributed by atoms with Gasteiger partial charge in [-0.15, -0.1) is 9.35 Å². The molecular weight excluding hydrogens is 713 g/mol. The van der Waals surface area contributed by atoms with Crippen molar-refractivity contribution in [2.24, 2.45) is 29.6 Å². The van der Waals surface area contributed by atoms with Crippen molar-refractivity contribution < 1.29 is 44.4 Å². The van der Waals surface area contributed by atoms with Gasteiger partial charge in [0.1, 0.15) is 15.7 Å². The molecule has 2 aliphatic heterocycles. The van der Waals surface area contributed by atoms with Gasteiger partial charge in [0.2, 0.25) is 6.04 Å². The van der Waals surface area contributed by atoms with Gasteiger partial charge in [-0.2, -0.15) is 21.0 Å². The van der Waals surface area contributed by atoms with Gasteiger partial charge in [0.05, 0.1) is 17.8 Å². The van der Waals surface area contributed by atoms with Crippen LogP contribution in [-0.4, -0.2) is 84.7 Å². The van der Waals surface area contributed by atoms with Crippen LogP contribution < -0.4 is 9.80 Å². The third-order valence-corrected chi connectivity index (χ3v) is 13.2. The topological polar surface area (TPSA) is 168 Å². The largest absolute Gasteiger partial charge is 0.377 e. The van der Waals surface area contributed by atoms with Gasteiger partial charge in [-0.3, -0.25) is 14.4 Å². The highest BCUT2D eigenvalue weighted by molar-refractivity contribution is 7.87. The van der Waals surface area contributed by atoms with E-state index in [4.69, 9.17) is 8.47 Å². The van der Waals surface area contributed by atoms with Gasteiger partial charge in [0.15, 0.2) is 5.78 Å². The van der Waals surface area contributed by atoms with E-state index in [1.165, 1.54) is 24.3 Å². The highest BCUT2D eigenvalue weighted by Gasteiger charge is 2.75. The summed E-state index contributed by atoms with van der Waals surface area (Å²) in [4.78, 5) is 59.0. The number of rotatable bonds is 8. The molecule has 14 nitrogen and oxygen atoms in total. The molecule has 0 aromatic heterocycles. The fraction of sp³-hybridized carbons (Fsp3) is 0.306. The van der Waals surface area contributed by atoms with Crippen molar-refractivity contribution in [3.63, 3.8) is 0 Å². The molecular formula is C36H33N4O10S2+. The molecule has 2 saturated heterocycles. The molecule has 9 rings (SSSR count). The molecule has 0 N–H and O–H groups in total. The van der Waals surface area contributed by atoms with Crippen LogP contribution in [0, 0.1) is 34.5 Å². The Morgan fingerprint density at radius 2 is 1.13 bits per heavy atom. The van der Waals surface area contributed by atoms with Gasteiger partial charge < -0.3 is 9.80 Å². The number of nitrogens with zero attached hydrogens (tertiary/aromatic N) is 4. The number of Topliss-reactive ketones (excluding diaryl/α,β-unsaturated/α-hetero) is 1. The van der Waals surface area contributed by atoms with E-state index in [-0.39, 0.29) is 14.9 Å². The van der Waals surface area contributed by atoms with Crippen LogP contribution in [0.4, 0.5) is 11.4 Å². The number of allylic oxidation sites excluding steroid dienone is 1. The number of amides is 2. The Balaban J connectivity index is 1.13. The minimum Gasteiger partial charge on any atom is -0.377 e. The van der Waals surface area contributed by atoms with Crippen molar-refractivity contribution >= 4 is 70.8 Å². The Hall–Kier alpha value is -5.03. The monoisotopic (exact) mass is 745 g/mol. The highest BCUT2D eigenvalue weighted by Crippen LogP contribution is 2.55. The number of nitroso groups, excluding NO2 is 1. The van der Waals surface area contributed by atoms with Crippen LogP contribution in [0.3, 0.4) is 0 Å². The predicted octanol–water partition coefficient (Wildman–Crippen LogP) is 3.24. The van der Waals surface area contributed by atoms with E-state index in [2.05, 4.69) is 0 Å². The molecule has 4 aromatic rings. The maximum Gasteiger partial charge on any atom is 0.330 e. The Bertz CT molecular complexity index is 2520. The van der Waals surface area contributed by atoms with Crippen molar-refractivity contribution in [2.45, 2.75) is 22.1 Å². The molecule has 3 aliphatic carbocycles. The maximum absolute atomic E-state index is 14.1. The molecule has 2 amide bonds. The van der Waals surface area contributed by atoms with Gasteiger partial charge in [-0.05, 0) is 30.3 Å². The fourth-order valence-corrected chi connectivity index (χ4v) is 10.8. The van der Waals surface area contributed by atoms with Crippen LogP contribution in [0.1, 0.15) is 0 Å². The lowest BCUT2D eigenvalue weighted by Gasteiger charge is -2.33. The van der Waals surface area contributed by atoms with E-state index >= 15 is 0 Å². The molecule has 7 unspecified atom stereocenters. The first-order valence-electron chi connectivity index (χ1n) is 16.5. The van der Waals surface area contributed by atoms with Gasteiger partial charge in [-0.1, -0.05) is 54.6 Å². The third-order valence-electron chi connectivity index (χ3n) is 10.6. The number of ketones is 1. The van der Waals surface area contributed by atoms with Crippen molar-refractivity contribution in [1.29, 1.82) is 0 Å². The zero-order valence-electron chi connectivity index (χ0n) is 28.3. The first-order chi connectivity index (χ1) is 24.6. The summed E-state index contributed by atoms with van der Waals surface area (Å²) >= 11 is 0. The molecule has 0 radical (unpaired) electrons. The number of hydroxylamine groups is 2. The van der Waals surface area contributed by atoms with Crippen LogP contribution >= 0.6 is 0 Å². The second-order valence-electron chi connectivity index (χ2n) is 13.8. The Kier molecular flexibility index (Phi) is 7.70. The summed E-state index contributed by atoms with van der Waals surface area (Å²) in [5.41, 5.74) is 1.47. The number of hydrogen-bond acceptors (Lipinski definition) is 12. The molecule has 3 fully saturated rings. The van der Waals surface area contributed by atoms with Gasteiger partial charge in [0.25, 0.3) is 11.8 Å². The van der Waals surface area contributed by atoms with Crippen molar-refractivity contribution in [2.75, 3.05) is 38.0 Å². The molecule has 4 bridgehead atoms. The standard InChI is InChI=1S/C36H33N4O10S2/c1-37(2)24-15-17-27(21-11-7-5-9-19(21)24)51(45,46)49-36-32-30-26(39(36)44)14-13-23(33(32)41)29-31(30)35(43)40(34(29)42)50-52(47,48)28-18-16-25(38(3)4)20-10-6-8-12-22(20)28/h5-18,23,26,29-32,36H,1-4H3/q+1. The Labute approximate surface area is 298 Å². The quantitative estimate of drug-likeness (QED) is 0.112. The first-order valence-corrected chi connectivity index (χ1v) is 19.3. The van der Waals surface area contributed by atoms with E-state index in [0.29, 0.717) is 26.3 Å². The summed E-state index contributed by atoms with van der Waals surface area (Å²) in [6.45, 7) is 0. The second-order valence-corrected chi connectivity index (χ2v) is 16.8. The number of anilines is 2. The molecule has 5 aliphatic rings. The molecule has 0 spiro atoms. The van der Waals surface area contributed by atoms with E-state index in [0.717, 1.165) is 11.4 Å². The summed E-state index contributed by atoms with van der Waals surface area (Å²) in [5, 5.41) is 2.02. The molecule has 4 aromatic carbocycles. The third kappa shape index (κ3) is 4.84. The predicted molar refractivity (Wildman–Crippen MR) is 188 cm³/mol. The van der Waals surface area contributed by atoms with Crippen LogP contribution in [0.25, 0.3) is 21.5 Å². The summed E-state index contributed by atoms with van der Waals surface area (Å²) in [7, 11) is -2.25. The van der Waals surface area contributed by atoms with Crippen LogP contribution in [-0.2, 0) is 43.1 Å². The Morgan fingerprint density at radius 1 is 0.635 bits per heavy atom. The second kappa shape index (κ2) is 11.7. The number of carbonyl (C=O) groups is 3. The van der Waals surface area contributed by atoms with Gasteiger partial charge in [0, 0.05) is 76.7 Å². The summed E-state index contributed by atoms with van der Waals surface area (Å²) in [5.74, 6) is -9.37. The molecule has 268 valence electrons. The maximum atomic E-state index is 14.1. The highest BCUT2D eigenvalue weighted by atomic mass is 32.2. The number of fused-ring (bicyclic) bond motifs is 2. The molecule has 1 saturated carbocycles. The molecule has 7 atom stereocenters. The number of imide groups is 1. The number of benzene rings is 4.